The highest BCUT2D eigenvalue weighted by Gasteiger charge is 2.20. The molecule has 0 aliphatic rings. The highest BCUT2D eigenvalue weighted by Crippen LogP contribution is 2.45. The van der Waals surface area contributed by atoms with Gasteiger partial charge in [-0.3, -0.25) is 0 Å². The molecule has 0 amide bonds. The lowest BCUT2D eigenvalue weighted by Gasteiger charge is -2.23. The molecule has 0 saturated heterocycles. The molecular weight excluding hydrogens is 528 g/mol. The molecule has 0 nitrogen and oxygen atoms in total. The van der Waals surface area contributed by atoms with Crippen LogP contribution >= 0.6 is 0 Å². The molecule has 0 unspecified atom stereocenters. The van der Waals surface area contributed by atoms with Gasteiger partial charge in [0.25, 0.3) is 0 Å². The summed E-state index contributed by atoms with van der Waals surface area (Å²) >= 11 is 0. The first-order valence-corrected chi connectivity index (χ1v) is 15.5. The topological polar surface area (TPSA) is 0 Å². The molecule has 0 heterocycles. The van der Waals surface area contributed by atoms with E-state index in [4.69, 9.17) is 0 Å². The normalized spacial score (nSPS) is 12.0. The summed E-state index contributed by atoms with van der Waals surface area (Å²) in [7, 11) is 0. The van der Waals surface area contributed by atoms with Crippen LogP contribution < -0.4 is 0 Å². The van der Waals surface area contributed by atoms with Gasteiger partial charge in [-0.05, 0) is 112 Å². The molecule has 0 heteroatoms. The Morgan fingerprint density at radius 1 is 0.318 bits per heavy atom. The monoisotopic (exact) mass is 562 g/mol. The van der Waals surface area contributed by atoms with Gasteiger partial charge in [-0.15, -0.1) is 0 Å². The predicted molar refractivity (Wildman–Crippen MR) is 191 cm³/mol. The fourth-order valence-corrected chi connectivity index (χ4v) is 6.83. The van der Waals surface area contributed by atoms with Gasteiger partial charge in [-0.25, -0.2) is 0 Å². The fourth-order valence-electron chi connectivity index (χ4n) is 6.83. The summed E-state index contributed by atoms with van der Waals surface area (Å²) in [4.78, 5) is 0. The molecule has 8 aromatic carbocycles. The quantitative estimate of drug-likeness (QED) is 0.188. The van der Waals surface area contributed by atoms with Crippen LogP contribution in [0.3, 0.4) is 0 Å². The number of rotatable bonds is 3. The van der Waals surface area contributed by atoms with Gasteiger partial charge in [0.2, 0.25) is 0 Å². The van der Waals surface area contributed by atoms with Crippen molar-refractivity contribution in [2.75, 3.05) is 0 Å². The van der Waals surface area contributed by atoms with Crippen molar-refractivity contribution in [3.63, 3.8) is 0 Å². The smallest absolute Gasteiger partial charge is 0.00260 e. The van der Waals surface area contributed by atoms with Crippen molar-refractivity contribution in [3.8, 4) is 33.4 Å². The van der Waals surface area contributed by atoms with Crippen LogP contribution in [0.2, 0.25) is 0 Å². The van der Waals surface area contributed by atoms with Crippen LogP contribution in [-0.4, -0.2) is 0 Å². The maximum Gasteiger partial charge on any atom is -0.00260 e. The van der Waals surface area contributed by atoms with E-state index in [1.54, 1.807) is 0 Å². The molecule has 0 spiro atoms. The Hall–Kier alpha value is -5.20. The molecule has 0 saturated carbocycles. The van der Waals surface area contributed by atoms with Gasteiger partial charge < -0.3 is 0 Å². The molecule has 0 atom stereocenters. The lowest BCUT2D eigenvalue weighted by Crippen LogP contribution is -2.10. The third-order valence-corrected chi connectivity index (χ3v) is 9.16. The zero-order valence-corrected chi connectivity index (χ0v) is 25.4. The fraction of sp³-hybridized carbons (Fsp3) is 0.0909. The Bertz CT molecular complexity index is 2360. The molecule has 0 bridgehead atoms. The van der Waals surface area contributed by atoms with Gasteiger partial charge in [0.15, 0.2) is 0 Å². The SMILES string of the molecule is CC(C)(C)c1ccc2c(-c3cccc(-c4ccc5ccccc5c4)c3)c3ccccc3c(-c3ccc4ccccc4c3)c2c1. The van der Waals surface area contributed by atoms with Crippen LogP contribution in [0, 0.1) is 0 Å². The lowest BCUT2D eigenvalue weighted by atomic mass is 9.81. The number of benzene rings is 8. The van der Waals surface area contributed by atoms with E-state index in [1.807, 2.05) is 0 Å². The third kappa shape index (κ3) is 4.46. The summed E-state index contributed by atoms with van der Waals surface area (Å²) in [5, 5.41) is 10.2. The molecule has 0 aromatic heterocycles. The van der Waals surface area contributed by atoms with E-state index < -0.39 is 0 Å². The number of fused-ring (bicyclic) bond motifs is 4. The second kappa shape index (κ2) is 10.2. The maximum absolute atomic E-state index is 2.45. The highest BCUT2D eigenvalue weighted by molar-refractivity contribution is 6.22. The molecule has 0 N–H and O–H groups in total. The summed E-state index contributed by atoms with van der Waals surface area (Å²) in [5.74, 6) is 0. The summed E-state index contributed by atoms with van der Waals surface area (Å²) in [6.07, 6.45) is 0. The average Bonchev–Trinajstić information content (AvgIpc) is 3.06. The molecule has 8 aromatic rings. The van der Waals surface area contributed by atoms with Crippen LogP contribution in [0.1, 0.15) is 26.3 Å². The van der Waals surface area contributed by atoms with Gasteiger partial charge in [0.1, 0.15) is 0 Å². The van der Waals surface area contributed by atoms with E-state index >= 15 is 0 Å². The first-order chi connectivity index (χ1) is 21.4. The summed E-state index contributed by atoms with van der Waals surface area (Å²) < 4.78 is 0. The van der Waals surface area contributed by atoms with Crippen molar-refractivity contribution in [2.45, 2.75) is 26.2 Å². The average molecular weight is 563 g/mol. The van der Waals surface area contributed by atoms with Crippen molar-refractivity contribution >= 4 is 43.1 Å². The summed E-state index contributed by atoms with van der Waals surface area (Å²) in [6, 6.07) is 56.2. The second-order valence-electron chi connectivity index (χ2n) is 13.0. The molecule has 0 aliphatic heterocycles. The molecule has 0 fully saturated rings. The number of hydrogen-bond acceptors (Lipinski definition) is 0. The Balaban J connectivity index is 1.43. The molecule has 0 radical (unpaired) electrons. The van der Waals surface area contributed by atoms with Crippen LogP contribution in [-0.2, 0) is 5.41 Å². The summed E-state index contributed by atoms with van der Waals surface area (Å²) in [5.41, 5.74) is 8.95. The standard InChI is InChI=1S/C44H34/c1-44(2,3)37-23-24-40-41(28-37)43(36-22-20-30-12-5-7-14-32(30)26-36)39-18-9-8-17-38(39)42(40)35-16-10-15-33(27-35)34-21-19-29-11-4-6-13-31(29)25-34/h4-28H,1-3H3. The predicted octanol–water partition coefficient (Wildman–Crippen LogP) is 12.6. The molecule has 0 aliphatic carbocycles. The van der Waals surface area contributed by atoms with E-state index in [9.17, 15) is 0 Å². The summed E-state index contributed by atoms with van der Waals surface area (Å²) in [6.45, 7) is 6.91. The van der Waals surface area contributed by atoms with E-state index in [1.165, 1.54) is 82.0 Å². The lowest BCUT2D eigenvalue weighted by molar-refractivity contribution is 0.591. The Labute approximate surface area is 259 Å². The Morgan fingerprint density at radius 2 is 0.795 bits per heavy atom. The van der Waals surface area contributed by atoms with E-state index in [0.717, 1.165) is 0 Å². The van der Waals surface area contributed by atoms with Gasteiger partial charge in [0.05, 0.1) is 0 Å². The molecule has 8 rings (SSSR count). The highest BCUT2D eigenvalue weighted by atomic mass is 14.2. The molecule has 210 valence electrons. The number of hydrogen-bond donors (Lipinski definition) is 0. The van der Waals surface area contributed by atoms with Crippen LogP contribution in [0.4, 0.5) is 0 Å². The minimum absolute atomic E-state index is 0.0383. The Morgan fingerprint density at radius 3 is 1.45 bits per heavy atom. The van der Waals surface area contributed by atoms with Crippen molar-refractivity contribution in [1.29, 1.82) is 0 Å². The van der Waals surface area contributed by atoms with Crippen LogP contribution in [0.25, 0.3) is 76.5 Å². The largest absolute Gasteiger partial charge is 0.0616 e. The van der Waals surface area contributed by atoms with Crippen LogP contribution in [0.5, 0.6) is 0 Å². The van der Waals surface area contributed by atoms with E-state index in [2.05, 4.69) is 172 Å². The maximum atomic E-state index is 2.45. The Kier molecular flexibility index (Phi) is 6.13. The first kappa shape index (κ1) is 26.4. The molecular formula is C44H34. The minimum Gasteiger partial charge on any atom is -0.0616 e. The second-order valence-corrected chi connectivity index (χ2v) is 13.0. The van der Waals surface area contributed by atoms with Crippen molar-refractivity contribution in [1.82, 2.24) is 0 Å². The zero-order chi connectivity index (χ0) is 29.8. The minimum atomic E-state index is 0.0383. The van der Waals surface area contributed by atoms with Gasteiger partial charge in [-0.2, -0.15) is 0 Å². The molecule has 44 heavy (non-hydrogen) atoms. The van der Waals surface area contributed by atoms with Crippen molar-refractivity contribution in [2.24, 2.45) is 0 Å². The first-order valence-electron chi connectivity index (χ1n) is 15.5. The zero-order valence-electron chi connectivity index (χ0n) is 25.4. The van der Waals surface area contributed by atoms with Gasteiger partial charge in [-0.1, -0.05) is 148 Å². The van der Waals surface area contributed by atoms with Crippen molar-refractivity contribution < 1.29 is 0 Å². The third-order valence-electron chi connectivity index (χ3n) is 9.16. The van der Waals surface area contributed by atoms with E-state index in [0.29, 0.717) is 0 Å². The van der Waals surface area contributed by atoms with E-state index in [-0.39, 0.29) is 5.41 Å². The van der Waals surface area contributed by atoms with Gasteiger partial charge >= 0.3 is 0 Å². The van der Waals surface area contributed by atoms with Gasteiger partial charge in [0, 0.05) is 0 Å². The van der Waals surface area contributed by atoms with Crippen LogP contribution in [0.15, 0.2) is 152 Å². The van der Waals surface area contributed by atoms with Crippen molar-refractivity contribution in [3.05, 3.63) is 157 Å².